The standard InChI is InChI=1S/C22H18F2N2O3S/c23-22(24)29-15-9-5-13(6-10-15)19(27)12-30-20-11-17(21(28)25-14-7-8-14)16-3-1-2-4-18(16)26-20/h1-6,9-11,14,22H,7-8,12H2,(H,25,28). The summed E-state index contributed by atoms with van der Waals surface area (Å²) in [6.07, 6.45) is 1.98. The molecule has 0 saturated heterocycles. The van der Waals surface area contributed by atoms with Gasteiger partial charge >= 0.3 is 6.61 Å². The molecule has 0 spiro atoms. The van der Waals surface area contributed by atoms with Gasteiger partial charge in [-0.25, -0.2) is 4.98 Å². The van der Waals surface area contributed by atoms with Crippen molar-refractivity contribution in [3.63, 3.8) is 0 Å². The number of alkyl halides is 2. The van der Waals surface area contributed by atoms with Crippen LogP contribution in [0.3, 0.4) is 0 Å². The number of hydrogen-bond donors (Lipinski definition) is 1. The van der Waals surface area contributed by atoms with Crippen molar-refractivity contribution in [1.82, 2.24) is 10.3 Å². The largest absolute Gasteiger partial charge is 0.435 e. The lowest BCUT2D eigenvalue weighted by molar-refractivity contribution is -0.0498. The van der Waals surface area contributed by atoms with Crippen LogP contribution in [0.1, 0.15) is 33.6 Å². The fraction of sp³-hybridized carbons (Fsp3) is 0.227. The number of aromatic nitrogens is 1. The minimum Gasteiger partial charge on any atom is -0.435 e. The van der Waals surface area contributed by atoms with E-state index in [1.54, 1.807) is 6.07 Å². The van der Waals surface area contributed by atoms with Gasteiger partial charge in [0.25, 0.3) is 5.91 Å². The SMILES string of the molecule is O=C(CSc1cc(C(=O)NC2CC2)c2ccccc2n1)c1ccc(OC(F)F)cc1. The summed E-state index contributed by atoms with van der Waals surface area (Å²) in [5.74, 6) is -0.220. The summed E-state index contributed by atoms with van der Waals surface area (Å²) < 4.78 is 28.8. The van der Waals surface area contributed by atoms with Crippen molar-refractivity contribution in [3.8, 4) is 5.75 Å². The summed E-state index contributed by atoms with van der Waals surface area (Å²) in [6.45, 7) is -2.91. The highest BCUT2D eigenvalue weighted by Gasteiger charge is 2.25. The first-order valence-corrected chi connectivity index (χ1v) is 10.4. The number of carbonyl (C=O) groups excluding carboxylic acids is 2. The molecule has 5 nitrogen and oxygen atoms in total. The van der Waals surface area contributed by atoms with Gasteiger partial charge in [0.1, 0.15) is 5.75 Å². The average molecular weight is 428 g/mol. The van der Waals surface area contributed by atoms with Gasteiger partial charge in [-0.3, -0.25) is 9.59 Å². The van der Waals surface area contributed by atoms with Crippen LogP contribution in [0.15, 0.2) is 59.6 Å². The molecule has 0 aliphatic heterocycles. The number of fused-ring (bicyclic) bond motifs is 1. The number of thioether (sulfide) groups is 1. The van der Waals surface area contributed by atoms with Crippen molar-refractivity contribution in [3.05, 3.63) is 65.7 Å². The van der Waals surface area contributed by atoms with Crippen LogP contribution in [0, 0.1) is 0 Å². The first-order chi connectivity index (χ1) is 14.5. The number of benzene rings is 2. The molecule has 1 heterocycles. The second-order valence-corrected chi connectivity index (χ2v) is 7.88. The van der Waals surface area contributed by atoms with E-state index in [1.165, 1.54) is 36.0 Å². The number of nitrogens with zero attached hydrogens (tertiary/aromatic N) is 1. The topological polar surface area (TPSA) is 68.3 Å². The minimum atomic E-state index is -2.91. The van der Waals surface area contributed by atoms with Crippen molar-refractivity contribution in [2.75, 3.05) is 5.75 Å². The highest BCUT2D eigenvalue weighted by Crippen LogP contribution is 2.27. The molecule has 4 rings (SSSR count). The first-order valence-electron chi connectivity index (χ1n) is 9.41. The normalized spacial score (nSPS) is 13.4. The Kier molecular flexibility index (Phi) is 5.94. The van der Waals surface area contributed by atoms with Gasteiger partial charge in [-0.15, -0.1) is 0 Å². The average Bonchev–Trinajstić information content (AvgIpc) is 3.55. The molecule has 1 amide bonds. The Hall–Kier alpha value is -3.00. The number of nitrogens with one attached hydrogen (secondary N) is 1. The van der Waals surface area contributed by atoms with Gasteiger partial charge in [0.05, 0.1) is 21.9 Å². The molecule has 8 heteroatoms. The van der Waals surface area contributed by atoms with Crippen molar-refractivity contribution in [1.29, 1.82) is 0 Å². The Balaban J connectivity index is 1.49. The molecule has 1 N–H and O–H groups in total. The maximum atomic E-state index is 12.6. The summed E-state index contributed by atoms with van der Waals surface area (Å²) >= 11 is 1.23. The Morgan fingerprint density at radius 3 is 2.57 bits per heavy atom. The van der Waals surface area contributed by atoms with Crippen LogP contribution in [-0.2, 0) is 0 Å². The maximum Gasteiger partial charge on any atom is 0.387 e. The second-order valence-electron chi connectivity index (χ2n) is 6.89. The van der Waals surface area contributed by atoms with Gasteiger partial charge in [0.15, 0.2) is 5.78 Å². The van der Waals surface area contributed by atoms with Crippen LogP contribution >= 0.6 is 11.8 Å². The van der Waals surface area contributed by atoms with E-state index in [1.807, 2.05) is 24.3 Å². The van der Waals surface area contributed by atoms with E-state index in [4.69, 9.17) is 0 Å². The number of hydrogen-bond acceptors (Lipinski definition) is 5. The van der Waals surface area contributed by atoms with Crippen LogP contribution in [-0.4, -0.2) is 35.1 Å². The molecule has 3 aromatic rings. The number of rotatable bonds is 8. The van der Waals surface area contributed by atoms with Gasteiger partial charge in [-0.2, -0.15) is 8.78 Å². The third-order valence-corrected chi connectivity index (χ3v) is 5.51. The second kappa shape index (κ2) is 8.79. The summed E-state index contributed by atoms with van der Waals surface area (Å²) in [6, 6.07) is 14.9. The van der Waals surface area contributed by atoms with Crippen molar-refractivity contribution in [2.45, 2.75) is 30.5 Å². The van der Waals surface area contributed by atoms with Gasteiger partial charge in [0, 0.05) is 17.0 Å². The summed E-state index contributed by atoms with van der Waals surface area (Å²) in [5.41, 5.74) is 1.61. The zero-order chi connectivity index (χ0) is 21.1. The van der Waals surface area contributed by atoms with Gasteiger partial charge in [0.2, 0.25) is 0 Å². The zero-order valence-corrected chi connectivity index (χ0v) is 16.6. The molecule has 0 radical (unpaired) electrons. The Morgan fingerprint density at radius 2 is 1.87 bits per heavy atom. The smallest absolute Gasteiger partial charge is 0.387 e. The fourth-order valence-electron chi connectivity index (χ4n) is 2.95. The lowest BCUT2D eigenvalue weighted by Crippen LogP contribution is -2.25. The highest BCUT2D eigenvalue weighted by molar-refractivity contribution is 7.99. The molecule has 0 atom stereocenters. The third kappa shape index (κ3) is 4.94. The molecule has 2 aromatic carbocycles. The van der Waals surface area contributed by atoms with E-state index >= 15 is 0 Å². The minimum absolute atomic E-state index is 0.00304. The molecule has 1 aromatic heterocycles. The van der Waals surface area contributed by atoms with E-state index < -0.39 is 6.61 Å². The number of Topliss-reactive ketones (excluding diaryl/α,β-unsaturated/α-hetero) is 1. The van der Waals surface area contributed by atoms with Crippen LogP contribution in [0.2, 0.25) is 0 Å². The molecular formula is C22H18F2N2O3S. The quantitative estimate of drug-likeness (QED) is 0.416. The lowest BCUT2D eigenvalue weighted by Gasteiger charge is -2.10. The van der Waals surface area contributed by atoms with Crippen LogP contribution in [0.5, 0.6) is 5.75 Å². The summed E-state index contributed by atoms with van der Waals surface area (Å²) in [5, 5.41) is 4.33. The van der Waals surface area contributed by atoms with E-state index in [0.717, 1.165) is 18.2 Å². The van der Waals surface area contributed by atoms with Gasteiger partial charge in [-0.05, 0) is 49.2 Å². The van der Waals surface area contributed by atoms with Crippen LogP contribution in [0.4, 0.5) is 8.78 Å². The number of halogens is 2. The van der Waals surface area contributed by atoms with Crippen LogP contribution < -0.4 is 10.1 Å². The third-order valence-electron chi connectivity index (χ3n) is 4.60. The molecule has 1 fully saturated rings. The molecule has 1 saturated carbocycles. The number of amides is 1. The van der Waals surface area contributed by atoms with E-state index in [2.05, 4.69) is 15.0 Å². The summed E-state index contributed by atoms with van der Waals surface area (Å²) in [7, 11) is 0. The van der Waals surface area contributed by atoms with Crippen molar-refractivity contribution in [2.24, 2.45) is 0 Å². The Bertz CT molecular complexity index is 1090. The van der Waals surface area contributed by atoms with Gasteiger partial charge < -0.3 is 10.1 Å². The van der Waals surface area contributed by atoms with E-state index in [-0.39, 0.29) is 29.2 Å². The summed E-state index contributed by atoms with van der Waals surface area (Å²) in [4.78, 5) is 29.7. The maximum absolute atomic E-state index is 12.6. The van der Waals surface area contributed by atoms with Crippen molar-refractivity contribution < 1.29 is 23.1 Å². The van der Waals surface area contributed by atoms with E-state index in [9.17, 15) is 18.4 Å². The van der Waals surface area contributed by atoms with Crippen molar-refractivity contribution >= 4 is 34.4 Å². The lowest BCUT2D eigenvalue weighted by atomic mass is 10.1. The monoisotopic (exact) mass is 428 g/mol. The number of para-hydroxylation sites is 1. The number of carbonyl (C=O) groups is 2. The number of pyridine rings is 1. The number of ether oxygens (including phenoxy) is 1. The van der Waals surface area contributed by atoms with Crippen LogP contribution in [0.25, 0.3) is 10.9 Å². The fourth-order valence-corrected chi connectivity index (χ4v) is 3.76. The Morgan fingerprint density at radius 1 is 1.13 bits per heavy atom. The van der Waals surface area contributed by atoms with E-state index in [0.29, 0.717) is 21.7 Å². The molecule has 1 aliphatic rings. The predicted molar refractivity (Wildman–Crippen MR) is 110 cm³/mol. The predicted octanol–water partition coefficient (Wildman–Crippen LogP) is 4.70. The molecular weight excluding hydrogens is 410 g/mol. The molecule has 0 bridgehead atoms. The first kappa shape index (κ1) is 20.3. The number of ketones is 1. The Labute approximate surface area is 175 Å². The molecule has 30 heavy (non-hydrogen) atoms. The highest BCUT2D eigenvalue weighted by atomic mass is 32.2. The molecule has 0 unspecified atom stereocenters. The van der Waals surface area contributed by atoms with Gasteiger partial charge in [-0.1, -0.05) is 30.0 Å². The zero-order valence-electron chi connectivity index (χ0n) is 15.8. The molecule has 154 valence electrons. The molecule has 1 aliphatic carbocycles.